The molecule has 2 atom stereocenters. The van der Waals surface area contributed by atoms with Gasteiger partial charge in [0.05, 0.1) is 12.0 Å². The lowest BCUT2D eigenvalue weighted by Gasteiger charge is -2.26. The first-order valence-electron chi connectivity index (χ1n) is 6.95. The Labute approximate surface area is 113 Å². The maximum absolute atomic E-state index is 12.2. The molecule has 0 aromatic heterocycles. The van der Waals surface area contributed by atoms with Gasteiger partial charge in [-0.15, -0.1) is 0 Å². The molecule has 2 N–H and O–H groups in total. The number of nitrogens with zero attached hydrogens (tertiary/aromatic N) is 1. The van der Waals surface area contributed by atoms with E-state index in [2.05, 4.69) is 19.2 Å². The number of hydrogen-bond donors (Lipinski definition) is 2. The maximum Gasteiger partial charge on any atom is 0.318 e. The van der Waals surface area contributed by atoms with Crippen molar-refractivity contribution < 1.29 is 14.7 Å². The highest BCUT2D eigenvalue weighted by Gasteiger charge is 2.34. The van der Waals surface area contributed by atoms with Gasteiger partial charge in [-0.25, -0.2) is 4.79 Å². The van der Waals surface area contributed by atoms with Crippen LogP contribution in [0.3, 0.4) is 0 Å². The molecule has 5 heteroatoms. The normalized spacial score (nSPS) is 25.6. The van der Waals surface area contributed by atoms with Crippen LogP contribution < -0.4 is 5.32 Å². The zero-order valence-electron chi connectivity index (χ0n) is 11.5. The average molecular weight is 266 g/mol. The molecule has 0 bridgehead atoms. The predicted molar refractivity (Wildman–Crippen MR) is 71.8 cm³/mol. The number of nitrogens with one attached hydrogen (secondary N) is 1. The fourth-order valence-corrected chi connectivity index (χ4v) is 2.41. The molecule has 0 aliphatic heterocycles. The number of urea groups is 1. The largest absolute Gasteiger partial charge is 0.481 e. The van der Waals surface area contributed by atoms with Crippen molar-refractivity contribution in [3.8, 4) is 0 Å². The lowest BCUT2D eigenvalue weighted by Crippen LogP contribution is -2.46. The van der Waals surface area contributed by atoms with Crippen molar-refractivity contribution in [1.29, 1.82) is 0 Å². The SMILES string of the molecule is CC(C)CN(C(=O)NC1C=CC(C(=O)O)C1)C1CC1. The van der Waals surface area contributed by atoms with Gasteiger partial charge in [-0.05, 0) is 25.2 Å². The third-order valence-electron chi connectivity index (χ3n) is 3.52. The van der Waals surface area contributed by atoms with E-state index in [1.54, 1.807) is 12.2 Å². The zero-order chi connectivity index (χ0) is 14.0. The lowest BCUT2D eigenvalue weighted by molar-refractivity contribution is -0.140. The van der Waals surface area contributed by atoms with Crippen LogP contribution >= 0.6 is 0 Å². The van der Waals surface area contributed by atoms with Gasteiger partial charge < -0.3 is 15.3 Å². The highest BCUT2D eigenvalue weighted by molar-refractivity contribution is 5.77. The molecule has 2 rings (SSSR count). The zero-order valence-corrected chi connectivity index (χ0v) is 11.5. The Morgan fingerprint density at radius 2 is 2.05 bits per heavy atom. The lowest BCUT2D eigenvalue weighted by atomic mass is 10.1. The van der Waals surface area contributed by atoms with Crippen LogP contribution in [0.15, 0.2) is 12.2 Å². The molecule has 106 valence electrons. The first-order chi connectivity index (χ1) is 8.97. The standard InChI is InChI=1S/C14H22N2O3/c1-9(2)8-16(12-5-6-12)14(19)15-11-4-3-10(7-11)13(17)18/h3-4,9-12H,5-8H2,1-2H3,(H,15,19)(H,17,18). The Hall–Kier alpha value is -1.52. The number of rotatable bonds is 5. The van der Waals surface area contributed by atoms with Crippen molar-refractivity contribution in [3.05, 3.63) is 12.2 Å². The number of aliphatic carboxylic acids is 1. The molecule has 0 radical (unpaired) electrons. The molecule has 5 nitrogen and oxygen atoms in total. The molecule has 2 aliphatic carbocycles. The summed E-state index contributed by atoms with van der Waals surface area (Å²) in [6.45, 7) is 4.95. The van der Waals surface area contributed by atoms with Crippen LogP contribution in [0.5, 0.6) is 0 Å². The van der Waals surface area contributed by atoms with Crippen LogP contribution in [-0.4, -0.2) is 40.6 Å². The molecule has 1 fully saturated rings. The van der Waals surface area contributed by atoms with E-state index in [1.165, 1.54) is 0 Å². The van der Waals surface area contributed by atoms with Crippen LogP contribution in [0.4, 0.5) is 4.79 Å². The van der Waals surface area contributed by atoms with E-state index in [0.717, 1.165) is 19.4 Å². The summed E-state index contributed by atoms with van der Waals surface area (Å²) >= 11 is 0. The molecule has 1 saturated carbocycles. The second-order valence-electron chi connectivity index (χ2n) is 5.90. The van der Waals surface area contributed by atoms with E-state index in [9.17, 15) is 9.59 Å². The van der Waals surface area contributed by atoms with Crippen LogP contribution in [0, 0.1) is 11.8 Å². The molecule has 0 spiro atoms. The minimum Gasteiger partial charge on any atom is -0.481 e. The molecular weight excluding hydrogens is 244 g/mol. The summed E-state index contributed by atoms with van der Waals surface area (Å²) in [4.78, 5) is 25.0. The van der Waals surface area contributed by atoms with Gasteiger partial charge in [0, 0.05) is 12.6 Å². The maximum atomic E-state index is 12.2. The van der Waals surface area contributed by atoms with Crippen molar-refractivity contribution in [2.75, 3.05) is 6.54 Å². The van der Waals surface area contributed by atoms with Crippen molar-refractivity contribution in [3.63, 3.8) is 0 Å². The summed E-state index contributed by atoms with van der Waals surface area (Å²) in [5.41, 5.74) is 0. The quantitative estimate of drug-likeness (QED) is 0.746. The molecule has 0 heterocycles. The van der Waals surface area contributed by atoms with Crippen molar-refractivity contribution >= 4 is 12.0 Å². The van der Waals surface area contributed by atoms with Crippen molar-refractivity contribution in [2.45, 2.75) is 45.2 Å². The average Bonchev–Trinajstić information content (AvgIpc) is 3.05. The fraction of sp³-hybridized carbons (Fsp3) is 0.714. The molecule has 2 amide bonds. The Kier molecular flexibility index (Phi) is 4.12. The summed E-state index contributed by atoms with van der Waals surface area (Å²) in [6.07, 6.45) is 6.08. The fourth-order valence-electron chi connectivity index (χ4n) is 2.41. The Balaban J connectivity index is 1.86. The molecular formula is C14H22N2O3. The van der Waals surface area contributed by atoms with Gasteiger partial charge in [0.15, 0.2) is 0 Å². The summed E-state index contributed by atoms with van der Waals surface area (Å²) in [7, 11) is 0. The Morgan fingerprint density at radius 1 is 1.37 bits per heavy atom. The van der Waals surface area contributed by atoms with Crippen molar-refractivity contribution in [2.24, 2.45) is 11.8 Å². The molecule has 0 aromatic rings. The molecule has 0 aromatic carbocycles. The number of amides is 2. The number of carboxylic acid groups (broad SMARTS) is 1. The molecule has 2 unspecified atom stereocenters. The van der Waals surface area contributed by atoms with Crippen LogP contribution in [0.2, 0.25) is 0 Å². The predicted octanol–water partition coefficient (Wildman–Crippen LogP) is 1.85. The Morgan fingerprint density at radius 3 is 2.53 bits per heavy atom. The second-order valence-corrected chi connectivity index (χ2v) is 5.90. The minimum absolute atomic E-state index is 0.0584. The first kappa shape index (κ1) is 13.9. The first-order valence-corrected chi connectivity index (χ1v) is 6.95. The van der Waals surface area contributed by atoms with Gasteiger partial charge in [-0.1, -0.05) is 26.0 Å². The van der Waals surface area contributed by atoms with E-state index in [-0.39, 0.29) is 12.1 Å². The highest BCUT2D eigenvalue weighted by Crippen LogP contribution is 2.28. The van der Waals surface area contributed by atoms with Gasteiger partial charge >= 0.3 is 12.0 Å². The highest BCUT2D eigenvalue weighted by atomic mass is 16.4. The summed E-state index contributed by atoms with van der Waals surface area (Å²) in [5.74, 6) is -0.851. The van der Waals surface area contributed by atoms with Crippen LogP contribution in [-0.2, 0) is 4.79 Å². The third kappa shape index (κ3) is 3.72. The minimum atomic E-state index is -0.825. The number of carbonyl (C=O) groups excluding carboxylic acids is 1. The van der Waals surface area contributed by atoms with Crippen LogP contribution in [0.25, 0.3) is 0 Å². The summed E-state index contributed by atoms with van der Waals surface area (Å²) in [5, 5.41) is 11.8. The van der Waals surface area contributed by atoms with Gasteiger partial charge in [-0.2, -0.15) is 0 Å². The number of hydrogen-bond acceptors (Lipinski definition) is 2. The van der Waals surface area contributed by atoms with Crippen LogP contribution in [0.1, 0.15) is 33.1 Å². The summed E-state index contributed by atoms with van der Waals surface area (Å²) < 4.78 is 0. The molecule has 2 aliphatic rings. The third-order valence-corrected chi connectivity index (χ3v) is 3.52. The molecule has 19 heavy (non-hydrogen) atoms. The topological polar surface area (TPSA) is 69.6 Å². The second kappa shape index (κ2) is 5.63. The number of carbonyl (C=O) groups is 2. The monoisotopic (exact) mass is 266 g/mol. The van der Waals surface area contributed by atoms with E-state index in [0.29, 0.717) is 18.4 Å². The van der Waals surface area contributed by atoms with E-state index in [4.69, 9.17) is 5.11 Å². The molecule has 0 saturated heterocycles. The van der Waals surface area contributed by atoms with Gasteiger partial charge in [-0.3, -0.25) is 4.79 Å². The number of carboxylic acids is 1. The van der Waals surface area contributed by atoms with Crippen molar-refractivity contribution in [1.82, 2.24) is 10.2 Å². The smallest absolute Gasteiger partial charge is 0.318 e. The van der Waals surface area contributed by atoms with Gasteiger partial charge in [0.1, 0.15) is 0 Å². The van der Waals surface area contributed by atoms with Gasteiger partial charge in [0.25, 0.3) is 0 Å². The van der Waals surface area contributed by atoms with E-state index >= 15 is 0 Å². The van der Waals surface area contributed by atoms with E-state index in [1.807, 2.05) is 4.90 Å². The van der Waals surface area contributed by atoms with E-state index < -0.39 is 11.9 Å². The Bertz CT molecular complexity index is 388. The summed E-state index contributed by atoms with van der Waals surface area (Å²) in [6, 6.07) is 0.168. The van der Waals surface area contributed by atoms with Gasteiger partial charge in [0.2, 0.25) is 0 Å².